The Labute approximate surface area is 129 Å². The smallest absolute Gasteiger partial charge is 0.305 e. The molecule has 1 unspecified atom stereocenters. The van der Waals surface area contributed by atoms with E-state index in [9.17, 15) is 14.4 Å². The van der Waals surface area contributed by atoms with Crippen molar-refractivity contribution in [3.63, 3.8) is 0 Å². The first kappa shape index (κ1) is 16.0. The third kappa shape index (κ3) is 3.44. The number of carbonyl (C=O) groups excluding carboxylic acids is 2. The zero-order valence-corrected chi connectivity index (χ0v) is 12.8. The van der Waals surface area contributed by atoms with Gasteiger partial charge in [-0.05, 0) is 31.0 Å². The Kier molecular flexibility index (Phi) is 4.80. The fraction of sp³-hybridized carbons (Fsp3) is 0.438. The summed E-state index contributed by atoms with van der Waals surface area (Å²) in [6.45, 7) is 4.36. The van der Waals surface area contributed by atoms with E-state index in [1.54, 1.807) is 4.90 Å². The number of aryl methyl sites for hydroxylation is 1. The maximum atomic E-state index is 12.2. The van der Waals surface area contributed by atoms with Crippen LogP contribution >= 0.6 is 0 Å². The number of carboxylic acids is 1. The third-order valence-electron chi connectivity index (χ3n) is 4.00. The molecule has 0 bridgehead atoms. The molecule has 22 heavy (non-hydrogen) atoms. The number of carbonyl (C=O) groups is 3. The summed E-state index contributed by atoms with van der Waals surface area (Å²) in [6.07, 6.45) is 0.0411. The molecule has 0 aliphatic carbocycles. The Morgan fingerprint density at radius 1 is 1.36 bits per heavy atom. The SMILES string of the molecule is Cc1cccc(N2CC(C(=O)NCCC(=O)O)CC2=O)c1C. The van der Waals surface area contributed by atoms with Crippen molar-refractivity contribution in [2.45, 2.75) is 26.7 Å². The number of carboxylic acid groups (broad SMARTS) is 1. The molecule has 1 heterocycles. The van der Waals surface area contributed by atoms with Crippen molar-refractivity contribution in [3.05, 3.63) is 29.3 Å². The van der Waals surface area contributed by atoms with Crippen molar-refractivity contribution in [1.82, 2.24) is 5.32 Å². The quantitative estimate of drug-likeness (QED) is 0.857. The van der Waals surface area contributed by atoms with Crippen LogP contribution in [0.2, 0.25) is 0 Å². The summed E-state index contributed by atoms with van der Waals surface area (Å²) < 4.78 is 0. The first-order valence-corrected chi connectivity index (χ1v) is 7.26. The zero-order valence-electron chi connectivity index (χ0n) is 12.8. The van der Waals surface area contributed by atoms with E-state index in [2.05, 4.69) is 5.32 Å². The molecular formula is C16H20N2O4. The van der Waals surface area contributed by atoms with Crippen molar-refractivity contribution in [2.75, 3.05) is 18.0 Å². The third-order valence-corrected chi connectivity index (χ3v) is 4.00. The lowest BCUT2D eigenvalue weighted by atomic mass is 10.1. The van der Waals surface area contributed by atoms with E-state index < -0.39 is 11.9 Å². The summed E-state index contributed by atoms with van der Waals surface area (Å²) in [6, 6.07) is 5.76. The maximum absolute atomic E-state index is 12.2. The highest BCUT2D eigenvalue weighted by atomic mass is 16.4. The van der Waals surface area contributed by atoms with Crippen LogP contribution in [0.15, 0.2) is 18.2 Å². The molecule has 2 rings (SSSR count). The van der Waals surface area contributed by atoms with E-state index in [1.165, 1.54) is 0 Å². The van der Waals surface area contributed by atoms with Crippen molar-refractivity contribution in [1.29, 1.82) is 0 Å². The molecule has 0 saturated carbocycles. The van der Waals surface area contributed by atoms with Crippen LogP contribution < -0.4 is 10.2 Å². The second kappa shape index (κ2) is 6.60. The second-order valence-corrected chi connectivity index (χ2v) is 5.56. The van der Waals surface area contributed by atoms with Gasteiger partial charge in [0.25, 0.3) is 0 Å². The number of hydrogen-bond donors (Lipinski definition) is 2. The number of anilines is 1. The zero-order chi connectivity index (χ0) is 16.3. The Morgan fingerprint density at radius 3 is 2.77 bits per heavy atom. The lowest BCUT2D eigenvalue weighted by Gasteiger charge is -2.20. The average Bonchev–Trinajstić information content (AvgIpc) is 2.83. The van der Waals surface area contributed by atoms with Crippen molar-refractivity contribution >= 4 is 23.5 Å². The van der Waals surface area contributed by atoms with Gasteiger partial charge in [0.2, 0.25) is 11.8 Å². The van der Waals surface area contributed by atoms with Gasteiger partial charge >= 0.3 is 5.97 Å². The fourth-order valence-corrected chi connectivity index (χ4v) is 2.58. The van der Waals surface area contributed by atoms with E-state index in [0.29, 0.717) is 6.54 Å². The van der Waals surface area contributed by atoms with Gasteiger partial charge in [0.05, 0.1) is 12.3 Å². The summed E-state index contributed by atoms with van der Waals surface area (Å²) in [7, 11) is 0. The van der Waals surface area contributed by atoms with Gasteiger partial charge in [0.15, 0.2) is 0 Å². The molecule has 2 N–H and O–H groups in total. The van der Waals surface area contributed by atoms with Crippen molar-refractivity contribution in [2.24, 2.45) is 5.92 Å². The average molecular weight is 304 g/mol. The van der Waals surface area contributed by atoms with Crippen LogP contribution in [-0.2, 0) is 14.4 Å². The van der Waals surface area contributed by atoms with E-state index in [-0.39, 0.29) is 31.2 Å². The number of hydrogen-bond acceptors (Lipinski definition) is 3. The fourth-order valence-electron chi connectivity index (χ4n) is 2.58. The van der Waals surface area contributed by atoms with Gasteiger partial charge in [-0.3, -0.25) is 14.4 Å². The van der Waals surface area contributed by atoms with Crippen LogP contribution in [0.1, 0.15) is 24.0 Å². The van der Waals surface area contributed by atoms with Gasteiger partial charge in [-0.2, -0.15) is 0 Å². The molecule has 0 spiro atoms. The largest absolute Gasteiger partial charge is 0.481 e. The first-order valence-electron chi connectivity index (χ1n) is 7.26. The van der Waals surface area contributed by atoms with Crippen LogP contribution in [0, 0.1) is 19.8 Å². The number of benzene rings is 1. The minimum Gasteiger partial charge on any atom is -0.481 e. The molecule has 2 amide bonds. The Morgan fingerprint density at radius 2 is 2.09 bits per heavy atom. The van der Waals surface area contributed by atoms with E-state index >= 15 is 0 Å². The van der Waals surface area contributed by atoms with E-state index in [4.69, 9.17) is 5.11 Å². The standard InChI is InChI=1S/C16H20N2O4/c1-10-4-3-5-13(11(10)2)18-9-12(8-14(18)19)16(22)17-7-6-15(20)21/h3-5,12H,6-9H2,1-2H3,(H,17,22)(H,20,21). The molecule has 118 valence electrons. The Hall–Kier alpha value is -2.37. The summed E-state index contributed by atoms with van der Waals surface area (Å²) in [5, 5.41) is 11.1. The van der Waals surface area contributed by atoms with Gasteiger partial charge in [0.1, 0.15) is 0 Å². The highest BCUT2D eigenvalue weighted by Crippen LogP contribution is 2.29. The van der Waals surface area contributed by atoms with Crippen LogP contribution in [0.25, 0.3) is 0 Å². The van der Waals surface area contributed by atoms with Crippen LogP contribution in [0.4, 0.5) is 5.69 Å². The number of rotatable bonds is 5. The molecule has 1 aromatic carbocycles. The van der Waals surface area contributed by atoms with Gasteiger partial charge in [-0.1, -0.05) is 12.1 Å². The minimum absolute atomic E-state index is 0.0768. The Balaban J connectivity index is 2.03. The maximum Gasteiger partial charge on any atom is 0.305 e. The molecule has 0 radical (unpaired) electrons. The predicted molar refractivity (Wildman–Crippen MR) is 81.6 cm³/mol. The number of aliphatic carboxylic acids is 1. The summed E-state index contributed by atoms with van der Waals surface area (Å²) in [5.41, 5.74) is 2.97. The van der Waals surface area contributed by atoms with Crippen molar-refractivity contribution in [3.8, 4) is 0 Å². The molecule has 1 aliphatic rings. The molecule has 1 aromatic rings. The summed E-state index contributed by atoms with van der Waals surface area (Å²) in [5.74, 6) is -1.73. The highest BCUT2D eigenvalue weighted by Gasteiger charge is 2.35. The predicted octanol–water partition coefficient (Wildman–Crippen LogP) is 1.25. The van der Waals surface area contributed by atoms with E-state index in [0.717, 1.165) is 16.8 Å². The monoisotopic (exact) mass is 304 g/mol. The molecule has 6 nitrogen and oxygen atoms in total. The van der Waals surface area contributed by atoms with Crippen molar-refractivity contribution < 1.29 is 19.5 Å². The highest BCUT2D eigenvalue weighted by molar-refractivity contribution is 6.00. The number of amides is 2. The molecule has 0 aromatic heterocycles. The molecule has 1 fully saturated rings. The number of nitrogens with zero attached hydrogens (tertiary/aromatic N) is 1. The molecular weight excluding hydrogens is 284 g/mol. The summed E-state index contributed by atoms with van der Waals surface area (Å²) in [4.78, 5) is 36.3. The van der Waals surface area contributed by atoms with Crippen LogP contribution in [0.5, 0.6) is 0 Å². The van der Waals surface area contributed by atoms with Crippen LogP contribution in [-0.4, -0.2) is 36.0 Å². The molecule has 1 atom stereocenters. The molecule has 1 aliphatic heterocycles. The first-order chi connectivity index (χ1) is 10.4. The summed E-state index contributed by atoms with van der Waals surface area (Å²) >= 11 is 0. The molecule has 1 saturated heterocycles. The number of nitrogens with one attached hydrogen (secondary N) is 1. The van der Waals surface area contributed by atoms with Gasteiger partial charge in [-0.15, -0.1) is 0 Å². The molecule has 6 heteroatoms. The van der Waals surface area contributed by atoms with Crippen LogP contribution in [0.3, 0.4) is 0 Å². The van der Waals surface area contributed by atoms with Gasteiger partial charge in [-0.25, -0.2) is 0 Å². The normalized spacial score (nSPS) is 17.6. The van der Waals surface area contributed by atoms with Gasteiger partial charge < -0.3 is 15.3 Å². The lowest BCUT2D eigenvalue weighted by molar-refractivity contribution is -0.137. The Bertz CT molecular complexity index is 612. The lowest BCUT2D eigenvalue weighted by Crippen LogP contribution is -2.34. The second-order valence-electron chi connectivity index (χ2n) is 5.56. The topological polar surface area (TPSA) is 86.7 Å². The van der Waals surface area contributed by atoms with E-state index in [1.807, 2.05) is 32.0 Å². The minimum atomic E-state index is -0.959. The van der Waals surface area contributed by atoms with Gasteiger partial charge in [0, 0.05) is 25.2 Å².